The average molecular weight is 642 g/mol. The minimum atomic E-state index is -0.362. The lowest BCUT2D eigenvalue weighted by Gasteiger charge is -2.53. The molecule has 0 atom stereocenters. The first-order chi connectivity index (χ1) is 22.8. The summed E-state index contributed by atoms with van der Waals surface area (Å²) in [5.74, 6) is 0.698. The number of carbonyl (C=O) groups is 4. The molecular formula is C37H47N5O5. The maximum atomic E-state index is 13.8. The van der Waals surface area contributed by atoms with Crippen LogP contribution < -0.4 is 21.1 Å². The number of benzene rings is 2. The summed E-state index contributed by atoms with van der Waals surface area (Å²) < 4.78 is 5.58. The highest BCUT2D eigenvalue weighted by atomic mass is 16.5. The van der Waals surface area contributed by atoms with Crippen LogP contribution in [0.1, 0.15) is 98.5 Å². The number of rotatable bonds is 11. The van der Waals surface area contributed by atoms with Gasteiger partial charge in [-0.2, -0.15) is 0 Å². The van der Waals surface area contributed by atoms with Crippen LogP contribution in [0.3, 0.4) is 0 Å². The van der Waals surface area contributed by atoms with Crippen molar-refractivity contribution in [2.24, 2.45) is 16.6 Å². The summed E-state index contributed by atoms with van der Waals surface area (Å²) in [6, 6.07) is 11.7. The van der Waals surface area contributed by atoms with Crippen LogP contribution >= 0.6 is 0 Å². The third-order valence-electron chi connectivity index (χ3n) is 11.4. The molecule has 2 aliphatic heterocycles. The Bertz CT molecular complexity index is 1540. The van der Waals surface area contributed by atoms with Crippen LogP contribution in [0.25, 0.3) is 0 Å². The Labute approximate surface area is 276 Å². The first kappa shape index (κ1) is 31.7. The average Bonchev–Trinajstić information content (AvgIpc) is 3.95. The molecule has 47 heavy (non-hydrogen) atoms. The Kier molecular flexibility index (Phi) is 8.72. The fourth-order valence-electron chi connectivity index (χ4n) is 8.19. The molecule has 250 valence electrons. The second kappa shape index (κ2) is 12.9. The van der Waals surface area contributed by atoms with Crippen LogP contribution in [0.15, 0.2) is 36.4 Å². The topological polar surface area (TPSA) is 134 Å². The molecule has 0 saturated heterocycles. The number of amides is 4. The quantitative estimate of drug-likeness (QED) is 0.296. The summed E-state index contributed by atoms with van der Waals surface area (Å²) in [5, 5.41) is 6.06. The number of unbranched alkanes of at least 4 members (excludes halogenated alkanes) is 2. The molecule has 4 saturated carbocycles. The Hall–Kier alpha value is -3.92. The number of nitrogens with two attached hydrogens (primary N) is 1. The highest BCUT2D eigenvalue weighted by Gasteiger charge is 2.54. The molecule has 10 heteroatoms. The number of nitrogens with one attached hydrogen (secondary N) is 2. The molecule has 0 radical (unpaired) electrons. The third-order valence-corrected chi connectivity index (χ3v) is 11.4. The molecule has 4 fully saturated rings. The van der Waals surface area contributed by atoms with E-state index in [-0.39, 0.29) is 47.1 Å². The highest BCUT2D eigenvalue weighted by Crippen LogP contribution is 2.58. The molecule has 4 N–H and O–H groups in total. The van der Waals surface area contributed by atoms with Crippen molar-refractivity contribution in [1.82, 2.24) is 9.80 Å². The van der Waals surface area contributed by atoms with Gasteiger partial charge in [0.05, 0.1) is 5.69 Å². The summed E-state index contributed by atoms with van der Waals surface area (Å²) in [6.07, 6.45) is 11.6. The van der Waals surface area contributed by atoms with Crippen molar-refractivity contribution in [1.29, 1.82) is 0 Å². The summed E-state index contributed by atoms with van der Waals surface area (Å²) in [5.41, 5.74) is 9.65. The van der Waals surface area contributed by atoms with E-state index in [4.69, 9.17) is 10.5 Å². The lowest BCUT2D eigenvalue weighted by atomic mass is 9.53. The summed E-state index contributed by atoms with van der Waals surface area (Å²) in [7, 11) is 0. The van der Waals surface area contributed by atoms with Crippen molar-refractivity contribution in [2.45, 2.75) is 96.1 Å². The Balaban J connectivity index is 0.948. The second-order valence-corrected chi connectivity index (χ2v) is 14.6. The van der Waals surface area contributed by atoms with Gasteiger partial charge in [-0.25, -0.2) is 0 Å². The van der Waals surface area contributed by atoms with Crippen molar-refractivity contribution >= 4 is 35.0 Å². The van der Waals surface area contributed by atoms with E-state index in [0.717, 1.165) is 94.8 Å². The standard InChI is InChI=1S/C37H47N5O5/c38-18-3-1-2-4-33(44)41-19-11-25-20-28(7-5-27(25)22-41)39-35(46)37-15-12-36(13-16-37,14-17-37)24-42(29-8-9-29)34(45)26-6-10-30-31(21-26)47-23-32(43)40-30/h5-7,10,20-21,29H,1-4,8-9,11-19,22-24,38H2,(H,39,46)(H,40,43). The number of anilines is 2. The molecule has 4 amide bonds. The minimum absolute atomic E-state index is 0.0211. The predicted molar refractivity (Wildman–Crippen MR) is 179 cm³/mol. The monoisotopic (exact) mass is 641 g/mol. The smallest absolute Gasteiger partial charge is 0.262 e. The molecule has 2 aromatic carbocycles. The maximum absolute atomic E-state index is 13.8. The van der Waals surface area contributed by atoms with Crippen LogP contribution in [0.5, 0.6) is 5.75 Å². The zero-order chi connectivity index (χ0) is 32.6. The first-order valence-corrected chi connectivity index (χ1v) is 17.6. The Morgan fingerprint density at radius 1 is 0.979 bits per heavy atom. The molecule has 2 heterocycles. The molecule has 4 aliphatic carbocycles. The second-order valence-electron chi connectivity index (χ2n) is 14.6. The van der Waals surface area contributed by atoms with Gasteiger partial charge in [0.25, 0.3) is 11.8 Å². The van der Waals surface area contributed by atoms with Crippen molar-refractivity contribution in [3.8, 4) is 5.75 Å². The fourth-order valence-corrected chi connectivity index (χ4v) is 8.19. The lowest BCUT2D eigenvalue weighted by molar-refractivity contribution is -0.135. The molecule has 2 aromatic rings. The number of ether oxygens (including phenoxy) is 1. The first-order valence-electron chi connectivity index (χ1n) is 17.6. The van der Waals surface area contributed by atoms with E-state index in [2.05, 4.69) is 27.7 Å². The van der Waals surface area contributed by atoms with Crippen LogP contribution in [-0.4, -0.2) is 65.7 Å². The van der Waals surface area contributed by atoms with Gasteiger partial charge in [-0.15, -0.1) is 0 Å². The lowest BCUT2D eigenvalue weighted by Crippen LogP contribution is -2.52. The van der Waals surface area contributed by atoms with Crippen LogP contribution in [-0.2, 0) is 27.3 Å². The van der Waals surface area contributed by atoms with E-state index in [1.807, 2.05) is 11.0 Å². The van der Waals surface area contributed by atoms with Gasteiger partial charge >= 0.3 is 0 Å². The van der Waals surface area contributed by atoms with Gasteiger partial charge in [0, 0.05) is 48.8 Å². The molecule has 2 bridgehead atoms. The van der Waals surface area contributed by atoms with E-state index in [0.29, 0.717) is 43.1 Å². The van der Waals surface area contributed by atoms with E-state index in [9.17, 15) is 19.2 Å². The molecule has 6 aliphatic rings. The number of nitrogens with zero attached hydrogens (tertiary/aromatic N) is 2. The molecule has 10 nitrogen and oxygen atoms in total. The van der Waals surface area contributed by atoms with Gasteiger partial charge in [0.2, 0.25) is 11.8 Å². The molecule has 0 unspecified atom stereocenters. The Morgan fingerprint density at radius 3 is 2.51 bits per heavy atom. The Morgan fingerprint density at radius 2 is 1.77 bits per heavy atom. The zero-order valence-corrected chi connectivity index (χ0v) is 27.3. The summed E-state index contributed by atoms with van der Waals surface area (Å²) in [6.45, 7) is 2.70. The number of carbonyl (C=O) groups excluding carboxylic acids is 4. The normalized spacial score (nSPS) is 24.4. The van der Waals surface area contributed by atoms with Gasteiger partial charge in [0.1, 0.15) is 5.75 Å². The van der Waals surface area contributed by atoms with E-state index < -0.39 is 0 Å². The van der Waals surface area contributed by atoms with Crippen molar-refractivity contribution in [3.05, 3.63) is 53.1 Å². The van der Waals surface area contributed by atoms with E-state index in [1.54, 1.807) is 18.2 Å². The minimum Gasteiger partial charge on any atom is -0.482 e. The highest BCUT2D eigenvalue weighted by molar-refractivity contribution is 5.99. The van der Waals surface area contributed by atoms with E-state index in [1.165, 1.54) is 5.56 Å². The number of hydrogen-bond acceptors (Lipinski definition) is 6. The van der Waals surface area contributed by atoms with Gasteiger partial charge < -0.3 is 30.9 Å². The van der Waals surface area contributed by atoms with Crippen LogP contribution in [0.4, 0.5) is 11.4 Å². The van der Waals surface area contributed by atoms with Crippen molar-refractivity contribution < 1.29 is 23.9 Å². The largest absolute Gasteiger partial charge is 0.482 e. The molecule has 0 spiro atoms. The SMILES string of the molecule is NCCCCCC(=O)N1CCc2cc(NC(=O)C34CCC(CN(C(=O)c5ccc6c(c5)OCC(=O)N6)C5CC5)(CC3)CC4)ccc2C1. The maximum Gasteiger partial charge on any atom is 0.262 e. The van der Waals surface area contributed by atoms with Crippen LogP contribution in [0.2, 0.25) is 0 Å². The van der Waals surface area contributed by atoms with Crippen molar-refractivity contribution in [2.75, 3.05) is 36.9 Å². The van der Waals surface area contributed by atoms with Gasteiger partial charge in [0.15, 0.2) is 6.61 Å². The molecule has 0 aromatic heterocycles. The summed E-state index contributed by atoms with van der Waals surface area (Å²) >= 11 is 0. The van der Waals surface area contributed by atoms with Gasteiger partial charge in [-0.3, -0.25) is 19.2 Å². The molecular weight excluding hydrogens is 594 g/mol. The fraction of sp³-hybridized carbons (Fsp3) is 0.568. The number of hydrogen-bond donors (Lipinski definition) is 3. The predicted octanol–water partition coefficient (Wildman–Crippen LogP) is 5.01. The van der Waals surface area contributed by atoms with Crippen LogP contribution in [0, 0.1) is 10.8 Å². The zero-order valence-electron chi connectivity index (χ0n) is 27.3. The molecule has 8 rings (SSSR count). The third kappa shape index (κ3) is 6.62. The summed E-state index contributed by atoms with van der Waals surface area (Å²) in [4.78, 5) is 56.0. The van der Waals surface area contributed by atoms with Crippen molar-refractivity contribution in [3.63, 3.8) is 0 Å². The van der Waals surface area contributed by atoms with Gasteiger partial charge in [-0.1, -0.05) is 12.5 Å². The number of fused-ring (bicyclic) bond motifs is 5. The van der Waals surface area contributed by atoms with E-state index >= 15 is 0 Å². The van der Waals surface area contributed by atoms with Gasteiger partial charge in [-0.05, 0) is 124 Å².